The fraction of sp³-hybridized carbons (Fsp3) is 0.727. The van der Waals surface area contributed by atoms with E-state index in [4.69, 9.17) is 10.8 Å². The molecule has 2 unspecified atom stereocenters. The van der Waals surface area contributed by atoms with Crippen LogP contribution in [-0.2, 0) is 9.59 Å². The van der Waals surface area contributed by atoms with Gasteiger partial charge in [0.1, 0.15) is 12.1 Å². The SMILES string of the molecule is CC(NC(=O)C(NC(=O)O)C(C)C)C(=O)NCCN.Cl. The molecule has 3 amide bonds. The molecule has 8 nitrogen and oxygen atoms in total. The maximum atomic E-state index is 11.9. The molecule has 9 heteroatoms. The van der Waals surface area contributed by atoms with Gasteiger partial charge in [-0.2, -0.15) is 0 Å². The van der Waals surface area contributed by atoms with Crippen LogP contribution in [-0.4, -0.2) is 48.2 Å². The molecule has 0 aromatic heterocycles. The molecule has 118 valence electrons. The van der Waals surface area contributed by atoms with Gasteiger partial charge in [-0.05, 0) is 12.8 Å². The molecule has 0 spiro atoms. The lowest BCUT2D eigenvalue weighted by molar-refractivity contribution is -0.130. The van der Waals surface area contributed by atoms with E-state index in [1.165, 1.54) is 6.92 Å². The Morgan fingerprint density at radius 1 is 1.10 bits per heavy atom. The molecule has 0 aliphatic carbocycles. The van der Waals surface area contributed by atoms with Gasteiger partial charge in [0.25, 0.3) is 0 Å². The second-order valence-corrected chi connectivity index (χ2v) is 4.48. The monoisotopic (exact) mass is 310 g/mol. The van der Waals surface area contributed by atoms with Crippen LogP contribution < -0.4 is 21.7 Å². The van der Waals surface area contributed by atoms with Crippen molar-refractivity contribution in [2.75, 3.05) is 13.1 Å². The van der Waals surface area contributed by atoms with E-state index in [1.54, 1.807) is 13.8 Å². The number of rotatable bonds is 7. The highest BCUT2D eigenvalue weighted by atomic mass is 35.5. The lowest BCUT2D eigenvalue weighted by Crippen LogP contribution is -2.54. The predicted octanol–water partition coefficient (Wildman–Crippen LogP) is -0.720. The van der Waals surface area contributed by atoms with Crippen LogP contribution in [0.25, 0.3) is 0 Å². The van der Waals surface area contributed by atoms with E-state index in [1.807, 2.05) is 0 Å². The molecule has 0 fully saturated rings. The minimum absolute atomic E-state index is 0. The van der Waals surface area contributed by atoms with Crippen molar-refractivity contribution in [3.63, 3.8) is 0 Å². The molecule has 0 heterocycles. The zero-order valence-electron chi connectivity index (χ0n) is 11.8. The summed E-state index contributed by atoms with van der Waals surface area (Å²) < 4.78 is 0. The van der Waals surface area contributed by atoms with Crippen LogP contribution in [0.4, 0.5) is 4.79 Å². The largest absolute Gasteiger partial charge is 0.465 e. The maximum absolute atomic E-state index is 11.9. The van der Waals surface area contributed by atoms with Gasteiger partial charge in [0.15, 0.2) is 0 Å². The molecule has 0 aromatic carbocycles. The molecule has 6 N–H and O–H groups in total. The van der Waals surface area contributed by atoms with Crippen molar-refractivity contribution in [3.05, 3.63) is 0 Å². The van der Waals surface area contributed by atoms with Gasteiger partial charge in [-0.3, -0.25) is 9.59 Å². The molecule has 0 radical (unpaired) electrons. The fourth-order valence-electron chi connectivity index (χ4n) is 1.39. The second kappa shape index (κ2) is 10.3. The summed E-state index contributed by atoms with van der Waals surface area (Å²) in [7, 11) is 0. The number of amides is 3. The van der Waals surface area contributed by atoms with Gasteiger partial charge in [0.2, 0.25) is 11.8 Å². The Balaban J connectivity index is 0. The highest BCUT2D eigenvalue weighted by Gasteiger charge is 2.26. The van der Waals surface area contributed by atoms with Gasteiger partial charge in [-0.1, -0.05) is 13.8 Å². The molecule has 0 aromatic rings. The van der Waals surface area contributed by atoms with Gasteiger partial charge >= 0.3 is 6.09 Å². The van der Waals surface area contributed by atoms with Gasteiger partial charge in [-0.25, -0.2) is 4.79 Å². The van der Waals surface area contributed by atoms with Crippen LogP contribution in [0.3, 0.4) is 0 Å². The molecular weight excluding hydrogens is 288 g/mol. The van der Waals surface area contributed by atoms with Crippen LogP contribution in [0.2, 0.25) is 0 Å². The van der Waals surface area contributed by atoms with E-state index in [2.05, 4.69) is 16.0 Å². The first-order valence-electron chi connectivity index (χ1n) is 6.07. The third-order valence-electron chi connectivity index (χ3n) is 2.42. The van der Waals surface area contributed by atoms with Crippen molar-refractivity contribution < 1.29 is 19.5 Å². The van der Waals surface area contributed by atoms with Crippen molar-refractivity contribution >= 4 is 30.3 Å². The van der Waals surface area contributed by atoms with Crippen molar-refractivity contribution in [2.45, 2.75) is 32.9 Å². The van der Waals surface area contributed by atoms with E-state index in [0.29, 0.717) is 13.1 Å². The first kappa shape index (κ1) is 20.8. The van der Waals surface area contributed by atoms with Crippen LogP contribution in [0.15, 0.2) is 0 Å². The molecule has 2 atom stereocenters. The van der Waals surface area contributed by atoms with Gasteiger partial charge in [0, 0.05) is 13.1 Å². The third kappa shape index (κ3) is 7.80. The summed E-state index contributed by atoms with van der Waals surface area (Å²) in [5.41, 5.74) is 5.24. The van der Waals surface area contributed by atoms with Crippen LogP contribution >= 0.6 is 12.4 Å². The first-order chi connectivity index (χ1) is 8.79. The van der Waals surface area contributed by atoms with Crippen molar-refractivity contribution in [3.8, 4) is 0 Å². The Hall–Kier alpha value is -1.54. The zero-order chi connectivity index (χ0) is 15.0. The number of hydrogen-bond donors (Lipinski definition) is 5. The van der Waals surface area contributed by atoms with Crippen LogP contribution in [0, 0.1) is 5.92 Å². The van der Waals surface area contributed by atoms with Crippen molar-refractivity contribution in [2.24, 2.45) is 11.7 Å². The average molecular weight is 311 g/mol. The molecule has 0 aliphatic heterocycles. The van der Waals surface area contributed by atoms with Crippen LogP contribution in [0.1, 0.15) is 20.8 Å². The van der Waals surface area contributed by atoms with E-state index < -0.39 is 24.1 Å². The van der Waals surface area contributed by atoms with E-state index in [9.17, 15) is 14.4 Å². The summed E-state index contributed by atoms with van der Waals surface area (Å²) in [5.74, 6) is -1.13. The number of carbonyl (C=O) groups is 3. The quantitative estimate of drug-likeness (QED) is 0.423. The minimum Gasteiger partial charge on any atom is -0.465 e. The number of carbonyl (C=O) groups excluding carboxylic acids is 2. The Bertz CT molecular complexity index is 338. The molecule has 0 bridgehead atoms. The summed E-state index contributed by atoms with van der Waals surface area (Å²) in [6, 6.07) is -1.65. The Kier molecular flexibility index (Phi) is 10.7. The van der Waals surface area contributed by atoms with E-state index in [0.717, 1.165) is 0 Å². The normalized spacial score (nSPS) is 12.8. The average Bonchev–Trinajstić information content (AvgIpc) is 2.31. The number of carboxylic acid groups (broad SMARTS) is 1. The molecule has 0 saturated carbocycles. The zero-order valence-corrected chi connectivity index (χ0v) is 12.6. The number of nitrogens with one attached hydrogen (secondary N) is 3. The van der Waals surface area contributed by atoms with Crippen molar-refractivity contribution in [1.82, 2.24) is 16.0 Å². The third-order valence-corrected chi connectivity index (χ3v) is 2.42. The highest BCUT2D eigenvalue weighted by Crippen LogP contribution is 2.02. The highest BCUT2D eigenvalue weighted by molar-refractivity contribution is 5.91. The van der Waals surface area contributed by atoms with Gasteiger partial charge in [0.05, 0.1) is 0 Å². The lowest BCUT2D eigenvalue weighted by Gasteiger charge is -2.22. The Morgan fingerprint density at radius 2 is 1.65 bits per heavy atom. The molecular formula is C11H23ClN4O4. The summed E-state index contributed by atoms with van der Waals surface area (Å²) in [5, 5.41) is 15.8. The molecule has 0 aliphatic rings. The lowest BCUT2D eigenvalue weighted by atomic mass is 10.0. The topological polar surface area (TPSA) is 134 Å². The van der Waals surface area contributed by atoms with E-state index >= 15 is 0 Å². The summed E-state index contributed by atoms with van der Waals surface area (Å²) in [6.45, 7) is 5.56. The number of hydrogen-bond acceptors (Lipinski definition) is 4. The van der Waals surface area contributed by atoms with Crippen LogP contribution in [0.5, 0.6) is 0 Å². The minimum atomic E-state index is -1.28. The summed E-state index contributed by atoms with van der Waals surface area (Å²) in [4.78, 5) is 34.0. The van der Waals surface area contributed by atoms with Gasteiger partial charge in [-0.15, -0.1) is 12.4 Å². The molecule has 0 saturated heterocycles. The molecule has 20 heavy (non-hydrogen) atoms. The molecule has 0 rings (SSSR count). The number of halogens is 1. The maximum Gasteiger partial charge on any atom is 0.405 e. The fourth-order valence-corrected chi connectivity index (χ4v) is 1.39. The van der Waals surface area contributed by atoms with E-state index in [-0.39, 0.29) is 24.2 Å². The number of nitrogens with two attached hydrogens (primary N) is 1. The Labute approximate surface area is 124 Å². The van der Waals surface area contributed by atoms with Gasteiger partial charge < -0.3 is 26.8 Å². The van der Waals surface area contributed by atoms with Crippen molar-refractivity contribution in [1.29, 1.82) is 0 Å². The summed E-state index contributed by atoms with van der Waals surface area (Å²) in [6.07, 6.45) is -1.28. The first-order valence-corrected chi connectivity index (χ1v) is 6.07. The summed E-state index contributed by atoms with van der Waals surface area (Å²) >= 11 is 0. The smallest absolute Gasteiger partial charge is 0.405 e. The predicted molar refractivity (Wildman–Crippen MR) is 76.7 cm³/mol. The standard InChI is InChI=1S/C11H22N4O4.ClH/c1-6(2)8(15-11(18)19)10(17)14-7(3)9(16)13-5-4-12;/h6-8,15H,4-5,12H2,1-3H3,(H,13,16)(H,14,17)(H,18,19);1H. The Morgan fingerprint density at radius 3 is 2.05 bits per heavy atom. The second-order valence-electron chi connectivity index (χ2n) is 4.48.